The molecule has 9 nitrogen and oxygen atoms in total. The van der Waals surface area contributed by atoms with Gasteiger partial charge in [0.1, 0.15) is 24.6 Å². The summed E-state index contributed by atoms with van der Waals surface area (Å²) in [5, 5.41) is 9.32. The zero-order valence-electron chi connectivity index (χ0n) is 18.1. The molecule has 1 aliphatic carbocycles. The van der Waals surface area contributed by atoms with E-state index in [0.717, 1.165) is 0 Å². The molecule has 0 aromatic carbocycles. The molecule has 0 amide bonds. The summed E-state index contributed by atoms with van der Waals surface area (Å²) in [5.74, 6) is -2.33. The summed E-state index contributed by atoms with van der Waals surface area (Å²) in [6.45, 7) is 5.92. The second-order valence-electron chi connectivity index (χ2n) is 8.52. The van der Waals surface area contributed by atoms with Gasteiger partial charge in [-0.05, 0) is 32.8 Å². The number of ketones is 1. The number of carbonyl (C=O) groups excluding carboxylic acids is 4. The first kappa shape index (κ1) is 23.0. The Bertz CT molecular complexity index is 851. The number of hydrogen-bond donors (Lipinski definition) is 1. The first-order valence-electron chi connectivity index (χ1n) is 10.3. The van der Waals surface area contributed by atoms with Crippen molar-refractivity contribution in [1.82, 2.24) is 0 Å². The maximum absolute atomic E-state index is 12.6. The van der Waals surface area contributed by atoms with E-state index in [4.69, 9.17) is 18.9 Å². The van der Waals surface area contributed by atoms with Gasteiger partial charge in [-0.25, -0.2) is 4.79 Å². The molecule has 5 unspecified atom stereocenters. The lowest BCUT2D eigenvalue weighted by molar-refractivity contribution is -0.148. The Balaban J connectivity index is 1.99. The molecule has 2 fully saturated rings. The van der Waals surface area contributed by atoms with Gasteiger partial charge < -0.3 is 24.1 Å². The molecule has 31 heavy (non-hydrogen) atoms. The van der Waals surface area contributed by atoms with Crippen LogP contribution in [0.2, 0.25) is 0 Å². The van der Waals surface area contributed by atoms with Gasteiger partial charge in [0.25, 0.3) is 0 Å². The van der Waals surface area contributed by atoms with E-state index < -0.39 is 47.7 Å². The van der Waals surface area contributed by atoms with E-state index in [9.17, 15) is 24.3 Å². The van der Waals surface area contributed by atoms with Crippen molar-refractivity contribution in [3.63, 3.8) is 0 Å². The maximum Gasteiger partial charge on any atom is 0.338 e. The van der Waals surface area contributed by atoms with Gasteiger partial charge in [-0.15, -0.1) is 0 Å². The van der Waals surface area contributed by atoms with Crippen LogP contribution < -0.4 is 0 Å². The fraction of sp³-hybridized carbons (Fsp3) is 0.636. The SMILES string of the molecule is CC(=O)OCC1=C2C(OC(=O)CC=C(C)O)CC(C)C(=O)CCC3(C)OC3C2OC1=O. The number of Topliss-reactive ketones (excluding diaryl/α,β-unsaturated/α-hetero) is 1. The maximum atomic E-state index is 12.6. The number of aliphatic hydroxyl groups is 1. The summed E-state index contributed by atoms with van der Waals surface area (Å²) in [4.78, 5) is 49.0. The molecule has 0 spiro atoms. The summed E-state index contributed by atoms with van der Waals surface area (Å²) in [6, 6.07) is 0. The van der Waals surface area contributed by atoms with E-state index in [1.54, 1.807) is 6.92 Å². The van der Waals surface area contributed by atoms with Crippen LogP contribution in [0.15, 0.2) is 23.0 Å². The normalized spacial score (nSPS) is 33.2. The fourth-order valence-electron chi connectivity index (χ4n) is 4.04. The Morgan fingerprint density at radius 1 is 1.29 bits per heavy atom. The van der Waals surface area contributed by atoms with E-state index in [1.165, 1.54) is 19.9 Å². The fourth-order valence-corrected chi connectivity index (χ4v) is 4.04. The number of aliphatic hydroxyl groups excluding tert-OH is 1. The number of fused-ring (bicyclic) bond motifs is 3. The number of esters is 3. The summed E-state index contributed by atoms with van der Waals surface area (Å²) in [7, 11) is 0. The minimum atomic E-state index is -0.938. The molecule has 0 radical (unpaired) electrons. The molecule has 9 heteroatoms. The van der Waals surface area contributed by atoms with Crippen LogP contribution in [0.5, 0.6) is 0 Å². The lowest BCUT2D eigenvalue weighted by Gasteiger charge is -2.27. The van der Waals surface area contributed by atoms with E-state index in [1.807, 2.05) is 6.92 Å². The van der Waals surface area contributed by atoms with Gasteiger partial charge in [0.05, 0.1) is 23.4 Å². The highest BCUT2D eigenvalue weighted by molar-refractivity contribution is 5.93. The minimum Gasteiger partial charge on any atom is -0.513 e. The summed E-state index contributed by atoms with van der Waals surface area (Å²) < 4.78 is 22.1. The van der Waals surface area contributed by atoms with Crippen molar-refractivity contribution in [2.45, 2.75) is 77.3 Å². The highest BCUT2D eigenvalue weighted by atomic mass is 16.6. The van der Waals surface area contributed by atoms with Gasteiger partial charge in [-0.1, -0.05) is 6.92 Å². The molecule has 0 bridgehead atoms. The van der Waals surface area contributed by atoms with Crippen LogP contribution in [-0.4, -0.2) is 59.3 Å². The van der Waals surface area contributed by atoms with Crippen LogP contribution in [-0.2, 0) is 38.1 Å². The Morgan fingerprint density at radius 3 is 2.65 bits per heavy atom. The third-order valence-electron chi connectivity index (χ3n) is 5.94. The number of ether oxygens (including phenoxy) is 4. The van der Waals surface area contributed by atoms with Crippen molar-refractivity contribution in [3.05, 3.63) is 23.0 Å². The molecular formula is C22H28O9. The average Bonchev–Trinajstić information content (AvgIpc) is 3.24. The second kappa shape index (κ2) is 8.82. The average molecular weight is 436 g/mol. The van der Waals surface area contributed by atoms with Crippen LogP contribution in [0.4, 0.5) is 0 Å². The van der Waals surface area contributed by atoms with Crippen molar-refractivity contribution in [1.29, 1.82) is 0 Å². The van der Waals surface area contributed by atoms with Gasteiger partial charge in [-0.2, -0.15) is 0 Å². The second-order valence-corrected chi connectivity index (χ2v) is 8.52. The molecule has 3 rings (SSSR count). The number of rotatable bonds is 5. The quantitative estimate of drug-likeness (QED) is 0.298. The molecule has 2 heterocycles. The van der Waals surface area contributed by atoms with Crippen molar-refractivity contribution >= 4 is 23.7 Å². The van der Waals surface area contributed by atoms with E-state index in [-0.39, 0.29) is 36.6 Å². The van der Waals surface area contributed by atoms with E-state index in [0.29, 0.717) is 18.4 Å². The van der Waals surface area contributed by atoms with Crippen molar-refractivity contribution < 1.29 is 43.2 Å². The zero-order chi connectivity index (χ0) is 22.9. The monoisotopic (exact) mass is 436 g/mol. The first-order chi connectivity index (χ1) is 14.5. The molecule has 0 aromatic heterocycles. The third-order valence-corrected chi connectivity index (χ3v) is 5.94. The molecule has 2 aliphatic heterocycles. The van der Waals surface area contributed by atoms with E-state index >= 15 is 0 Å². The predicted octanol–water partition coefficient (Wildman–Crippen LogP) is 2.08. The molecule has 170 valence electrons. The molecule has 1 saturated heterocycles. The highest BCUT2D eigenvalue weighted by Gasteiger charge is 2.62. The van der Waals surface area contributed by atoms with Gasteiger partial charge in [0, 0.05) is 24.8 Å². The molecule has 5 atom stereocenters. The number of hydrogen-bond acceptors (Lipinski definition) is 9. The molecular weight excluding hydrogens is 408 g/mol. The van der Waals surface area contributed by atoms with Crippen molar-refractivity contribution in [2.24, 2.45) is 5.92 Å². The predicted molar refractivity (Wildman–Crippen MR) is 106 cm³/mol. The Hall–Kier alpha value is -2.68. The van der Waals surface area contributed by atoms with Gasteiger partial charge >= 0.3 is 17.9 Å². The molecule has 1 saturated carbocycles. The van der Waals surface area contributed by atoms with Gasteiger partial charge in [-0.3, -0.25) is 14.4 Å². The highest BCUT2D eigenvalue weighted by Crippen LogP contribution is 2.49. The van der Waals surface area contributed by atoms with Crippen LogP contribution in [0.3, 0.4) is 0 Å². The first-order valence-corrected chi connectivity index (χ1v) is 10.3. The van der Waals surface area contributed by atoms with Crippen molar-refractivity contribution in [3.8, 4) is 0 Å². The van der Waals surface area contributed by atoms with Crippen molar-refractivity contribution in [2.75, 3.05) is 6.61 Å². The largest absolute Gasteiger partial charge is 0.513 e. The standard InChI is InChI=1S/C22H28O9/c1-11-9-16(29-17(26)6-5-12(2)23)18-14(10-28-13(3)24)21(27)30-19(18)20-22(4,31-20)8-7-15(11)25/h5,11,16,19-20,23H,6-10H2,1-4H3. The summed E-state index contributed by atoms with van der Waals surface area (Å²) in [6.07, 6.45) is -0.132. The van der Waals surface area contributed by atoms with E-state index in [2.05, 4.69) is 0 Å². The van der Waals surface area contributed by atoms with Gasteiger partial charge in [0.15, 0.2) is 6.10 Å². The van der Waals surface area contributed by atoms with Crippen LogP contribution >= 0.6 is 0 Å². The van der Waals surface area contributed by atoms with Crippen LogP contribution in [0, 0.1) is 5.92 Å². The van der Waals surface area contributed by atoms with Crippen LogP contribution in [0.1, 0.15) is 53.4 Å². The summed E-state index contributed by atoms with van der Waals surface area (Å²) >= 11 is 0. The van der Waals surface area contributed by atoms with Crippen LogP contribution in [0.25, 0.3) is 0 Å². The lowest BCUT2D eigenvalue weighted by Crippen LogP contribution is -2.36. The minimum absolute atomic E-state index is 0.00782. The van der Waals surface area contributed by atoms with Gasteiger partial charge in [0.2, 0.25) is 0 Å². The number of allylic oxidation sites excluding steroid dienone is 1. The Kier molecular flexibility index (Phi) is 6.54. The number of epoxide rings is 1. The Morgan fingerprint density at radius 2 is 2.00 bits per heavy atom. The smallest absolute Gasteiger partial charge is 0.338 e. The molecule has 3 aliphatic rings. The topological polar surface area (TPSA) is 129 Å². The number of carbonyl (C=O) groups is 4. The zero-order valence-corrected chi connectivity index (χ0v) is 18.1. The summed E-state index contributed by atoms with van der Waals surface area (Å²) in [5.41, 5.74) is -0.157. The lowest BCUT2D eigenvalue weighted by atomic mass is 9.83. The third kappa shape index (κ3) is 5.15. The molecule has 1 N–H and O–H groups in total. The molecule has 0 aromatic rings. The Labute approximate surface area is 180 Å².